The Bertz CT molecular complexity index is 590. The van der Waals surface area contributed by atoms with Crippen LogP contribution in [0.25, 0.3) is 0 Å². The lowest BCUT2D eigenvalue weighted by molar-refractivity contribution is 0.130. The van der Waals surface area contributed by atoms with Crippen LogP contribution in [0, 0.1) is 0 Å². The fourth-order valence-electron chi connectivity index (χ4n) is 3.02. The van der Waals surface area contributed by atoms with Crippen LogP contribution in [0.3, 0.4) is 0 Å². The maximum atomic E-state index is 11.7. The molecule has 0 aliphatic heterocycles. The second kappa shape index (κ2) is 7.24. The third-order valence-electron chi connectivity index (χ3n) is 4.04. The van der Waals surface area contributed by atoms with E-state index in [9.17, 15) is 5.11 Å². The van der Waals surface area contributed by atoms with E-state index in [0.29, 0.717) is 4.99 Å². The summed E-state index contributed by atoms with van der Waals surface area (Å²) in [6, 6.07) is 19.8. The predicted molar refractivity (Wildman–Crippen MR) is 101 cm³/mol. The molecule has 2 aromatic rings. The molecule has 122 valence electrons. The van der Waals surface area contributed by atoms with E-state index < -0.39 is 5.60 Å². The lowest BCUT2D eigenvalue weighted by Gasteiger charge is -2.41. The van der Waals surface area contributed by atoms with Crippen molar-refractivity contribution < 1.29 is 5.11 Å². The molecular formula is C20H25NOS. The molecule has 3 heteroatoms. The zero-order valence-corrected chi connectivity index (χ0v) is 15.0. The zero-order valence-electron chi connectivity index (χ0n) is 14.2. The molecule has 0 heterocycles. The van der Waals surface area contributed by atoms with Crippen LogP contribution >= 0.6 is 12.2 Å². The Kier molecular flexibility index (Phi) is 5.55. The van der Waals surface area contributed by atoms with Crippen LogP contribution < -0.4 is 0 Å². The van der Waals surface area contributed by atoms with Crippen LogP contribution in [0.2, 0.25) is 0 Å². The fraction of sp³-hybridized carbons (Fsp3) is 0.350. The van der Waals surface area contributed by atoms with E-state index in [0.717, 1.165) is 11.1 Å². The average Bonchev–Trinajstić information content (AvgIpc) is 2.55. The van der Waals surface area contributed by atoms with Gasteiger partial charge in [-0.15, -0.1) is 0 Å². The van der Waals surface area contributed by atoms with Gasteiger partial charge >= 0.3 is 0 Å². The van der Waals surface area contributed by atoms with Crippen molar-refractivity contribution in [3.8, 4) is 0 Å². The summed E-state index contributed by atoms with van der Waals surface area (Å²) in [6.45, 7) is 8.40. The Morgan fingerprint density at radius 2 is 1.17 bits per heavy atom. The molecule has 2 rings (SSSR count). The Hall–Kier alpha value is -1.71. The van der Waals surface area contributed by atoms with Gasteiger partial charge in [0.05, 0.1) is 0 Å². The minimum Gasteiger partial charge on any atom is -0.374 e. The van der Waals surface area contributed by atoms with Crippen molar-refractivity contribution in [2.75, 3.05) is 0 Å². The Morgan fingerprint density at radius 3 is 1.48 bits per heavy atom. The van der Waals surface area contributed by atoms with Crippen molar-refractivity contribution in [1.29, 1.82) is 0 Å². The Morgan fingerprint density at radius 1 is 0.826 bits per heavy atom. The van der Waals surface area contributed by atoms with E-state index >= 15 is 0 Å². The third kappa shape index (κ3) is 3.46. The highest BCUT2D eigenvalue weighted by Crippen LogP contribution is 2.34. The number of nitrogens with zero attached hydrogens (tertiary/aromatic N) is 1. The highest BCUT2D eigenvalue weighted by Gasteiger charge is 2.40. The van der Waals surface area contributed by atoms with Gasteiger partial charge in [0, 0.05) is 12.1 Å². The second-order valence-electron chi connectivity index (χ2n) is 6.34. The van der Waals surface area contributed by atoms with E-state index in [1.165, 1.54) is 0 Å². The van der Waals surface area contributed by atoms with Gasteiger partial charge in [0.15, 0.2) is 5.60 Å². The van der Waals surface area contributed by atoms with Crippen LogP contribution in [-0.2, 0) is 5.60 Å². The van der Waals surface area contributed by atoms with Crippen LogP contribution in [0.5, 0.6) is 0 Å². The number of hydrogen-bond donors (Lipinski definition) is 1. The lowest BCUT2D eigenvalue weighted by atomic mass is 9.85. The summed E-state index contributed by atoms with van der Waals surface area (Å²) >= 11 is 5.80. The molecule has 2 nitrogen and oxygen atoms in total. The Labute approximate surface area is 144 Å². The molecule has 0 fully saturated rings. The molecular weight excluding hydrogens is 302 g/mol. The summed E-state index contributed by atoms with van der Waals surface area (Å²) in [5, 5.41) is 11.7. The largest absolute Gasteiger partial charge is 0.374 e. The summed E-state index contributed by atoms with van der Waals surface area (Å²) in [5.74, 6) is 0. The lowest BCUT2D eigenvalue weighted by Crippen LogP contribution is -2.51. The molecule has 0 unspecified atom stereocenters. The molecule has 2 aromatic carbocycles. The normalized spacial score (nSPS) is 11.8. The summed E-state index contributed by atoms with van der Waals surface area (Å²) in [5.41, 5.74) is 0.275. The van der Waals surface area contributed by atoms with E-state index in [2.05, 4.69) is 32.6 Å². The quantitative estimate of drug-likeness (QED) is 0.825. The first kappa shape index (κ1) is 17.6. The van der Waals surface area contributed by atoms with Gasteiger partial charge in [-0.2, -0.15) is 0 Å². The molecule has 0 radical (unpaired) electrons. The third-order valence-corrected chi connectivity index (χ3v) is 4.55. The first-order valence-electron chi connectivity index (χ1n) is 8.05. The molecule has 23 heavy (non-hydrogen) atoms. The van der Waals surface area contributed by atoms with E-state index in [1.54, 1.807) is 0 Å². The van der Waals surface area contributed by atoms with E-state index in [1.807, 2.05) is 60.7 Å². The van der Waals surface area contributed by atoms with Gasteiger partial charge in [0.1, 0.15) is 4.99 Å². The molecule has 0 saturated carbocycles. The molecule has 0 atom stereocenters. The molecule has 0 spiro atoms. The van der Waals surface area contributed by atoms with Gasteiger partial charge < -0.3 is 10.0 Å². The molecule has 0 saturated heterocycles. The SMILES string of the molecule is CC(C)N(C(=S)C(O)(c1ccccc1)c1ccccc1)C(C)C. The van der Waals surface area contributed by atoms with Crippen LogP contribution in [0.15, 0.2) is 60.7 Å². The van der Waals surface area contributed by atoms with Crippen LogP contribution in [0.1, 0.15) is 38.8 Å². The predicted octanol–water partition coefficient (Wildman–Crippen LogP) is 4.37. The van der Waals surface area contributed by atoms with Crippen LogP contribution in [-0.4, -0.2) is 27.1 Å². The summed E-state index contributed by atoms with van der Waals surface area (Å²) in [4.78, 5) is 2.65. The number of thiocarbonyl (C=S) groups is 1. The van der Waals surface area contributed by atoms with Crippen LogP contribution in [0.4, 0.5) is 0 Å². The molecule has 0 aromatic heterocycles. The summed E-state index contributed by atoms with van der Waals surface area (Å²) in [7, 11) is 0. The number of hydrogen-bond acceptors (Lipinski definition) is 2. The van der Waals surface area contributed by atoms with Crippen molar-refractivity contribution >= 4 is 17.2 Å². The minimum atomic E-state index is -1.31. The second-order valence-corrected chi connectivity index (χ2v) is 6.73. The maximum absolute atomic E-state index is 11.7. The maximum Gasteiger partial charge on any atom is 0.165 e. The number of benzene rings is 2. The summed E-state index contributed by atoms with van der Waals surface area (Å²) in [6.07, 6.45) is 0. The van der Waals surface area contributed by atoms with Gasteiger partial charge in [0.25, 0.3) is 0 Å². The molecule has 0 bridgehead atoms. The molecule has 0 amide bonds. The van der Waals surface area contributed by atoms with Gasteiger partial charge in [-0.3, -0.25) is 0 Å². The van der Waals surface area contributed by atoms with Crippen molar-refractivity contribution in [3.05, 3.63) is 71.8 Å². The minimum absolute atomic E-state index is 0.210. The first-order valence-corrected chi connectivity index (χ1v) is 8.46. The monoisotopic (exact) mass is 327 g/mol. The number of rotatable bonds is 5. The van der Waals surface area contributed by atoms with Crippen molar-refractivity contribution in [2.45, 2.75) is 45.4 Å². The van der Waals surface area contributed by atoms with E-state index in [4.69, 9.17) is 12.2 Å². The van der Waals surface area contributed by atoms with Gasteiger partial charge in [0.2, 0.25) is 0 Å². The number of aliphatic hydroxyl groups is 1. The van der Waals surface area contributed by atoms with Crippen molar-refractivity contribution in [2.24, 2.45) is 0 Å². The smallest absolute Gasteiger partial charge is 0.165 e. The van der Waals surface area contributed by atoms with Gasteiger partial charge in [-0.1, -0.05) is 72.9 Å². The highest BCUT2D eigenvalue weighted by atomic mass is 32.1. The topological polar surface area (TPSA) is 23.5 Å². The molecule has 0 aliphatic rings. The van der Waals surface area contributed by atoms with Gasteiger partial charge in [-0.05, 0) is 38.8 Å². The van der Waals surface area contributed by atoms with E-state index in [-0.39, 0.29) is 12.1 Å². The molecule has 1 N–H and O–H groups in total. The highest BCUT2D eigenvalue weighted by molar-refractivity contribution is 7.80. The summed E-state index contributed by atoms with van der Waals surface area (Å²) < 4.78 is 0. The molecule has 0 aliphatic carbocycles. The van der Waals surface area contributed by atoms with Crippen molar-refractivity contribution in [1.82, 2.24) is 4.90 Å². The zero-order chi connectivity index (χ0) is 17.0. The standard InChI is InChI=1S/C20H25NOS/c1-15(2)21(16(3)4)19(23)20(22,17-11-7-5-8-12-17)18-13-9-6-10-14-18/h5-16,22H,1-4H3. The van der Waals surface area contributed by atoms with Gasteiger partial charge in [-0.25, -0.2) is 0 Å². The average molecular weight is 327 g/mol. The fourth-order valence-corrected chi connectivity index (χ4v) is 3.68. The Balaban J connectivity index is 2.61. The first-order chi connectivity index (χ1) is 10.9. The van der Waals surface area contributed by atoms with Crippen molar-refractivity contribution in [3.63, 3.8) is 0 Å².